The molecule has 0 radical (unpaired) electrons. The van der Waals surface area contributed by atoms with Crippen molar-refractivity contribution in [1.29, 1.82) is 0 Å². The number of pyridine rings is 1. The Morgan fingerprint density at radius 1 is 1.32 bits per heavy atom. The molecule has 0 atom stereocenters. The molecule has 0 aromatic carbocycles. The Hall–Kier alpha value is -0.710. The second kappa shape index (κ2) is 6.16. The molecule has 1 saturated heterocycles. The summed E-state index contributed by atoms with van der Waals surface area (Å²) in [7, 11) is 0. The van der Waals surface area contributed by atoms with Crippen LogP contribution in [0.5, 0.6) is 0 Å². The van der Waals surface area contributed by atoms with Gasteiger partial charge in [0.15, 0.2) is 0 Å². The maximum absolute atomic E-state index is 5.97. The van der Waals surface area contributed by atoms with E-state index < -0.39 is 0 Å². The smallest absolute Gasteiger partial charge is 0.137 e. The molecule has 19 heavy (non-hydrogen) atoms. The normalized spacial score (nSPS) is 17.1. The summed E-state index contributed by atoms with van der Waals surface area (Å²) >= 11 is 8.04. The van der Waals surface area contributed by atoms with Crippen LogP contribution in [0.3, 0.4) is 0 Å². The summed E-state index contributed by atoms with van der Waals surface area (Å²) in [6.45, 7) is 1.94. The number of hydrogen-bond acceptors (Lipinski definition) is 3. The molecule has 3 rings (SSSR count). The fraction of sp³-hybridized carbons (Fsp3) is 0.500. The molecule has 3 nitrogen and oxygen atoms in total. The van der Waals surface area contributed by atoms with Crippen molar-refractivity contribution in [1.82, 2.24) is 14.7 Å². The summed E-state index contributed by atoms with van der Waals surface area (Å²) in [5.74, 6) is 3.48. The van der Waals surface area contributed by atoms with E-state index in [4.69, 9.17) is 11.6 Å². The van der Waals surface area contributed by atoms with Crippen molar-refractivity contribution in [2.24, 2.45) is 5.92 Å². The number of hydrogen-bond donors (Lipinski definition) is 1. The van der Waals surface area contributed by atoms with Gasteiger partial charge in [0.1, 0.15) is 5.65 Å². The number of rotatable bonds is 4. The average Bonchev–Trinajstić information content (AvgIpc) is 2.82. The first-order valence-corrected chi connectivity index (χ1v) is 8.26. The highest BCUT2D eigenvalue weighted by Crippen LogP contribution is 2.21. The van der Waals surface area contributed by atoms with E-state index in [-0.39, 0.29) is 0 Å². The molecule has 2 aromatic rings. The maximum atomic E-state index is 5.97. The van der Waals surface area contributed by atoms with Gasteiger partial charge in [-0.05, 0) is 48.9 Å². The van der Waals surface area contributed by atoms with E-state index in [1.165, 1.54) is 24.3 Å². The lowest BCUT2D eigenvalue weighted by molar-refractivity contribution is 0.446. The molecule has 0 saturated carbocycles. The molecule has 0 bridgehead atoms. The van der Waals surface area contributed by atoms with Crippen LogP contribution in [0.25, 0.3) is 5.65 Å². The van der Waals surface area contributed by atoms with Crippen LogP contribution in [-0.4, -0.2) is 27.4 Å². The number of nitrogens with one attached hydrogen (secondary N) is 1. The number of halogens is 1. The van der Waals surface area contributed by atoms with Gasteiger partial charge >= 0.3 is 0 Å². The SMILES string of the molecule is Clc1ccc2nc(CNCC3CCSCC3)cn2c1. The van der Waals surface area contributed by atoms with Crippen LogP contribution in [0.15, 0.2) is 24.5 Å². The maximum Gasteiger partial charge on any atom is 0.137 e. The first kappa shape index (κ1) is 13.3. The third kappa shape index (κ3) is 3.44. The van der Waals surface area contributed by atoms with Crippen LogP contribution in [0, 0.1) is 5.92 Å². The zero-order chi connectivity index (χ0) is 13.1. The van der Waals surface area contributed by atoms with Gasteiger partial charge in [-0.2, -0.15) is 11.8 Å². The zero-order valence-corrected chi connectivity index (χ0v) is 12.4. The third-order valence-electron chi connectivity index (χ3n) is 3.54. The lowest BCUT2D eigenvalue weighted by Crippen LogP contribution is -2.25. The fourth-order valence-electron chi connectivity index (χ4n) is 2.46. The Kier molecular flexibility index (Phi) is 4.31. The van der Waals surface area contributed by atoms with Crippen LogP contribution in [0.1, 0.15) is 18.5 Å². The second-order valence-electron chi connectivity index (χ2n) is 5.03. The van der Waals surface area contributed by atoms with Gasteiger partial charge in [-0.25, -0.2) is 4.98 Å². The Morgan fingerprint density at radius 2 is 2.16 bits per heavy atom. The van der Waals surface area contributed by atoms with E-state index in [2.05, 4.69) is 22.1 Å². The fourth-order valence-corrected chi connectivity index (χ4v) is 3.83. The van der Waals surface area contributed by atoms with Gasteiger partial charge in [-0.15, -0.1) is 0 Å². The first-order valence-electron chi connectivity index (χ1n) is 6.73. The van der Waals surface area contributed by atoms with E-state index in [1.807, 2.05) is 28.9 Å². The quantitative estimate of drug-likeness (QED) is 0.939. The predicted molar refractivity (Wildman–Crippen MR) is 82.0 cm³/mol. The molecule has 1 aliphatic heterocycles. The Morgan fingerprint density at radius 3 is 3.00 bits per heavy atom. The van der Waals surface area contributed by atoms with Crippen molar-refractivity contribution in [3.63, 3.8) is 0 Å². The van der Waals surface area contributed by atoms with Gasteiger partial charge in [0.25, 0.3) is 0 Å². The molecule has 3 heterocycles. The highest BCUT2D eigenvalue weighted by atomic mass is 35.5. The molecule has 1 fully saturated rings. The summed E-state index contributed by atoms with van der Waals surface area (Å²) in [4.78, 5) is 4.57. The lowest BCUT2D eigenvalue weighted by atomic mass is 10.0. The molecular formula is C14H18ClN3S. The van der Waals surface area contributed by atoms with Crippen LogP contribution in [0.4, 0.5) is 0 Å². The minimum absolute atomic E-state index is 0.740. The molecule has 0 unspecified atom stereocenters. The first-order chi connectivity index (χ1) is 9.31. The van der Waals surface area contributed by atoms with E-state index in [0.29, 0.717) is 0 Å². The van der Waals surface area contributed by atoms with Gasteiger partial charge in [0, 0.05) is 18.9 Å². The largest absolute Gasteiger partial charge is 0.311 e. The van der Waals surface area contributed by atoms with Crippen molar-refractivity contribution in [2.75, 3.05) is 18.1 Å². The molecule has 0 aliphatic carbocycles. The predicted octanol–water partition coefficient (Wildman–Crippen LogP) is 3.22. The number of thioether (sulfide) groups is 1. The van der Waals surface area contributed by atoms with Crippen LogP contribution in [0.2, 0.25) is 5.02 Å². The van der Waals surface area contributed by atoms with E-state index in [1.54, 1.807) is 0 Å². The molecule has 0 spiro atoms. The Bertz CT molecular complexity index is 549. The topological polar surface area (TPSA) is 29.3 Å². The Balaban J connectivity index is 1.56. The molecule has 5 heteroatoms. The minimum Gasteiger partial charge on any atom is -0.311 e. The Labute approximate surface area is 122 Å². The molecule has 1 N–H and O–H groups in total. The lowest BCUT2D eigenvalue weighted by Gasteiger charge is -2.21. The van der Waals surface area contributed by atoms with Crippen molar-refractivity contribution in [2.45, 2.75) is 19.4 Å². The van der Waals surface area contributed by atoms with Gasteiger partial charge in [-0.1, -0.05) is 11.6 Å². The average molecular weight is 296 g/mol. The van der Waals surface area contributed by atoms with Crippen molar-refractivity contribution in [3.05, 3.63) is 35.2 Å². The van der Waals surface area contributed by atoms with E-state index >= 15 is 0 Å². The summed E-state index contributed by atoms with van der Waals surface area (Å²) in [6.07, 6.45) is 6.63. The number of nitrogens with zero attached hydrogens (tertiary/aromatic N) is 2. The molecular weight excluding hydrogens is 278 g/mol. The summed E-state index contributed by atoms with van der Waals surface area (Å²) in [5, 5.41) is 4.27. The van der Waals surface area contributed by atoms with Crippen molar-refractivity contribution < 1.29 is 0 Å². The van der Waals surface area contributed by atoms with Crippen LogP contribution in [-0.2, 0) is 6.54 Å². The van der Waals surface area contributed by atoms with Crippen LogP contribution >= 0.6 is 23.4 Å². The monoisotopic (exact) mass is 295 g/mol. The van der Waals surface area contributed by atoms with Gasteiger partial charge in [0.2, 0.25) is 0 Å². The van der Waals surface area contributed by atoms with Crippen molar-refractivity contribution in [3.8, 4) is 0 Å². The number of imidazole rings is 1. The highest BCUT2D eigenvalue weighted by molar-refractivity contribution is 7.99. The minimum atomic E-state index is 0.740. The second-order valence-corrected chi connectivity index (χ2v) is 6.69. The van der Waals surface area contributed by atoms with E-state index in [0.717, 1.165) is 35.4 Å². The molecule has 0 amide bonds. The van der Waals surface area contributed by atoms with Crippen LogP contribution < -0.4 is 5.32 Å². The summed E-state index contributed by atoms with van der Waals surface area (Å²) in [6, 6.07) is 3.82. The summed E-state index contributed by atoms with van der Waals surface area (Å²) < 4.78 is 1.98. The van der Waals surface area contributed by atoms with Crippen molar-refractivity contribution >= 4 is 29.0 Å². The summed E-state index contributed by atoms with van der Waals surface area (Å²) in [5.41, 5.74) is 2.03. The molecule has 102 valence electrons. The molecule has 2 aromatic heterocycles. The highest BCUT2D eigenvalue weighted by Gasteiger charge is 2.13. The van der Waals surface area contributed by atoms with Gasteiger partial charge in [-0.3, -0.25) is 0 Å². The molecule has 1 aliphatic rings. The zero-order valence-electron chi connectivity index (χ0n) is 10.8. The number of fused-ring (bicyclic) bond motifs is 1. The van der Waals surface area contributed by atoms with Gasteiger partial charge < -0.3 is 9.72 Å². The number of aromatic nitrogens is 2. The standard InChI is InChI=1S/C14H18ClN3S/c15-12-1-2-14-17-13(10-18(14)9-12)8-16-7-11-3-5-19-6-4-11/h1-2,9-11,16H,3-8H2. The van der Waals surface area contributed by atoms with Gasteiger partial charge in [0.05, 0.1) is 10.7 Å². The van der Waals surface area contributed by atoms with E-state index in [9.17, 15) is 0 Å². The third-order valence-corrected chi connectivity index (χ3v) is 4.82.